The van der Waals surface area contributed by atoms with Gasteiger partial charge < -0.3 is 9.13 Å². The number of hydrogen-bond acceptors (Lipinski definition) is 0. The first kappa shape index (κ1) is 22.9. The van der Waals surface area contributed by atoms with E-state index in [0.29, 0.717) is 0 Å². The molecule has 0 saturated heterocycles. The van der Waals surface area contributed by atoms with Gasteiger partial charge in [-0.1, -0.05) is 84.9 Å². The van der Waals surface area contributed by atoms with Crippen molar-refractivity contribution < 1.29 is 0 Å². The van der Waals surface area contributed by atoms with Crippen LogP contribution >= 0.6 is 0 Å². The molecule has 2 heteroatoms. The van der Waals surface area contributed by atoms with Crippen molar-refractivity contribution in [1.29, 1.82) is 0 Å². The molecular weight excluding hydrogens is 484 g/mol. The van der Waals surface area contributed by atoms with E-state index in [1.165, 1.54) is 77.2 Å². The van der Waals surface area contributed by atoms with Crippen LogP contribution in [0, 0.1) is 13.8 Å². The molecule has 40 heavy (non-hydrogen) atoms. The summed E-state index contributed by atoms with van der Waals surface area (Å²) in [5.74, 6) is 0. The molecule has 0 radical (unpaired) electrons. The fraction of sp³-hybridized carbons (Fsp3) is 0.0526. The Bertz CT molecular complexity index is 1970. The molecule has 190 valence electrons. The van der Waals surface area contributed by atoms with Crippen molar-refractivity contribution in [2.75, 3.05) is 0 Å². The van der Waals surface area contributed by atoms with E-state index in [9.17, 15) is 0 Å². The third kappa shape index (κ3) is 3.29. The van der Waals surface area contributed by atoms with E-state index in [4.69, 9.17) is 0 Å². The predicted molar refractivity (Wildman–Crippen MR) is 170 cm³/mol. The normalized spacial score (nSPS) is 11.8. The summed E-state index contributed by atoms with van der Waals surface area (Å²) < 4.78 is 4.81. The van der Waals surface area contributed by atoms with E-state index in [1.54, 1.807) is 0 Å². The number of fused-ring (bicyclic) bond motifs is 6. The average Bonchev–Trinajstić information content (AvgIpc) is 3.50. The Morgan fingerprint density at radius 3 is 0.950 bits per heavy atom. The van der Waals surface area contributed by atoms with Crippen LogP contribution in [0.3, 0.4) is 0 Å². The van der Waals surface area contributed by atoms with Crippen molar-refractivity contribution in [2.24, 2.45) is 0 Å². The van der Waals surface area contributed by atoms with Crippen molar-refractivity contribution >= 4 is 43.6 Å². The van der Waals surface area contributed by atoms with E-state index in [2.05, 4.69) is 156 Å². The molecule has 0 amide bonds. The van der Waals surface area contributed by atoms with Gasteiger partial charge in [0.05, 0.1) is 22.1 Å². The lowest BCUT2D eigenvalue weighted by Gasteiger charge is -2.15. The molecule has 0 aliphatic rings. The highest BCUT2D eigenvalue weighted by Crippen LogP contribution is 2.36. The van der Waals surface area contributed by atoms with Gasteiger partial charge in [0.1, 0.15) is 0 Å². The number of aryl methyl sites for hydroxylation is 2. The standard InChI is InChI=1S/C38H28N2/c1-25-23-27(19-21-33(25)39-35-15-7-3-11-29(35)30-12-4-8-16-36(30)39)28-20-22-34(26(2)24-28)40-37-17-9-5-13-31(37)32-14-6-10-18-38(32)40/h3-24H,1-2H3. The Hall–Kier alpha value is -5.08. The topological polar surface area (TPSA) is 9.86 Å². The second kappa shape index (κ2) is 8.72. The van der Waals surface area contributed by atoms with Gasteiger partial charge in [-0.15, -0.1) is 0 Å². The lowest BCUT2D eigenvalue weighted by molar-refractivity contribution is 1.14. The number of hydrogen-bond donors (Lipinski definition) is 0. The zero-order valence-electron chi connectivity index (χ0n) is 22.6. The molecule has 2 aromatic heterocycles. The van der Waals surface area contributed by atoms with Gasteiger partial charge in [0, 0.05) is 32.9 Å². The molecule has 6 aromatic carbocycles. The maximum absolute atomic E-state index is 2.40. The SMILES string of the molecule is Cc1cc(-c2ccc(-n3c4ccccc4c4ccccc43)c(C)c2)ccc1-n1c2ccccc2c2ccccc21. The fourth-order valence-corrected chi connectivity index (χ4v) is 6.54. The molecule has 0 aliphatic carbocycles. The van der Waals surface area contributed by atoms with Crippen LogP contribution in [0.25, 0.3) is 66.1 Å². The quantitative estimate of drug-likeness (QED) is 0.223. The van der Waals surface area contributed by atoms with Crippen LogP contribution in [0.15, 0.2) is 133 Å². The van der Waals surface area contributed by atoms with Gasteiger partial charge in [0.2, 0.25) is 0 Å². The maximum Gasteiger partial charge on any atom is 0.0541 e. The van der Waals surface area contributed by atoms with Crippen LogP contribution in [-0.2, 0) is 0 Å². The number of aromatic nitrogens is 2. The van der Waals surface area contributed by atoms with Crippen molar-refractivity contribution in [1.82, 2.24) is 9.13 Å². The number of rotatable bonds is 3. The van der Waals surface area contributed by atoms with Gasteiger partial charge in [-0.25, -0.2) is 0 Å². The molecule has 2 heterocycles. The minimum Gasteiger partial charge on any atom is -0.309 e. The number of nitrogens with zero attached hydrogens (tertiary/aromatic N) is 2. The molecule has 0 fully saturated rings. The molecule has 8 aromatic rings. The van der Waals surface area contributed by atoms with E-state index in [0.717, 1.165) is 0 Å². The minimum absolute atomic E-state index is 1.22. The van der Waals surface area contributed by atoms with Gasteiger partial charge in [-0.2, -0.15) is 0 Å². The molecule has 0 saturated carbocycles. The molecule has 0 atom stereocenters. The number of para-hydroxylation sites is 4. The molecule has 2 nitrogen and oxygen atoms in total. The van der Waals surface area contributed by atoms with E-state index in [-0.39, 0.29) is 0 Å². The Balaban J connectivity index is 1.25. The van der Waals surface area contributed by atoms with Crippen molar-refractivity contribution in [3.63, 3.8) is 0 Å². The Kier molecular flexibility index (Phi) is 4.99. The first-order valence-corrected chi connectivity index (χ1v) is 13.9. The summed E-state index contributed by atoms with van der Waals surface area (Å²) in [4.78, 5) is 0. The Labute approximate surface area is 233 Å². The average molecular weight is 513 g/mol. The van der Waals surface area contributed by atoms with Gasteiger partial charge in [-0.3, -0.25) is 0 Å². The molecular formula is C38H28N2. The number of benzene rings is 6. The van der Waals surface area contributed by atoms with Crippen molar-refractivity contribution in [3.8, 4) is 22.5 Å². The molecule has 8 rings (SSSR count). The lowest BCUT2D eigenvalue weighted by Crippen LogP contribution is -1.98. The summed E-state index contributed by atoms with van der Waals surface area (Å²) in [6, 6.07) is 48.5. The Morgan fingerprint density at radius 2 is 0.650 bits per heavy atom. The van der Waals surface area contributed by atoms with Gasteiger partial charge >= 0.3 is 0 Å². The third-order valence-electron chi connectivity index (χ3n) is 8.37. The first-order valence-electron chi connectivity index (χ1n) is 13.9. The highest BCUT2D eigenvalue weighted by molar-refractivity contribution is 6.10. The van der Waals surface area contributed by atoms with Gasteiger partial charge in [-0.05, 0) is 84.6 Å². The van der Waals surface area contributed by atoms with E-state index >= 15 is 0 Å². The predicted octanol–water partition coefficient (Wildman–Crippen LogP) is 10.2. The maximum atomic E-state index is 2.40. The summed E-state index contributed by atoms with van der Waals surface area (Å²) in [7, 11) is 0. The first-order chi connectivity index (χ1) is 19.7. The lowest BCUT2D eigenvalue weighted by atomic mass is 9.99. The molecule has 0 spiro atoms. The van der Waals surface area contributed by atoms with Crippen LogP contribution in [0.2, 0.25) is 0 Å². The molecule has 0 aliphatic heterocycles. The second-order valence-electron chi connectivity index (χ2n) is 10.7. The van der Waals surface area contributed by atoms with E-state index in [1.807, 2.05) is 0 Å². The summed E-state index contributed by atoms with van der Waals surface area (Å²) in [5.41, 5.74) is 12.4. The van der Waals surface area contributed by atoms with E-state index < -0.39 is 0 Å². The largest absolute Gasteiger partial charge is 0.309 e. The third-order valence-corrected chi connectivity index (χ3v) is 8.37. The summed E-state index contributed by atoms with van der Waals surface area (Å²) in [6.07, 6.45) is 0. The highest BCUT2D eigenvalue weighted by Gasteiger charge is 2.15. The van der Waals surface area contributed by atoms with Gasteiger partial charge in [0.15, 0.2) is 0 Å². The minimum atomic E-state index is 1.22. The molecule has 0 unspecified atom stereocenters. The zero-order valence-corrected chi connectivity index (χ0v) is 22.6. The monoisotopic (exact) mass is 512 g/mol. The van der Waals surface area contributed by atoms with Crippen LogP contribution in [0.5, 0.6) is 0 Å². The fourth-order valence-electron chi connectivity index (χ4n) is 6.54. The smallest absolute Gasteiger partial charge is 0.0541 e. The van der Waals surface area contributed by atoms with Gasteiger partial charge in [0.25, 0.3) is 0 Å². The van der Waals surface area contributed by atoms with Crippen LogP contribution < -0.4 is 0 Å². The summed E-state index contributed by atoms with van der Waals surface area (Å²) >= 11 is 0. The summed E-state index contributed by atoms with van der Waals surface area (Å²) in [6.45, 7) is 4.45. The molecule has 0 N–H and O–H groups in total. The van der Waals surface area contributed by atoms with Crippen molar-refractivity contribution in [3.05, 3.63) is 145 Å². The zero-order chi connectivity index (χ0) is 26.8. The Morgan fingerprint density at radius 1 is 0.350 bits per heavy atom. The van der Waals surface area contributed by atoms with Crippen LogP contribution in [-0.4, -0.2) is 9.13 Å². The van der Waals surface area contributed by atoms with Crippen LogP contribution in [0.4, 0.5) is 0 Å². The highest BCUT2D eigenvalue weighted by atomic mass is 15.0. The van der Waals surface area contributed by atoms with Crippen LogP contribution in [0.1, 0.15) is 11.1 Å². The second-order valence-corrected chi connectivity index (χ2v) is 10.7. The molecule has 0 bridgehead atoms. The van der Waals surface area contributed by atoms with Crippen molar-refractivity contribution in [2.45, 2.75) is 13.8 Å². The summed E-state index contributed by atoms with van der Waals surface area (Å²) in [5, 5.41) is 5.16.